The first kappa shape index (κ1) is 78.6. The second kappa shape index (κ2) is 35.9. The van der Waals surface area contributed by atoms with Gasteiger partial charge in [0.05, 0.1) is 67.1 Å². The number of carbonyl (C=O) groups excluding carboxylic acids is 7. The van der Waals surface area contributed by atoms with Gasteiger partial charge in [0.25, 0.3) is 5.56 Å². The van der Waals surface area contributed by atoms with Gasteiger partial charge < -0.3 is 90.0 Å². The van der Waals surface area contributed by atoms with Gasteiger partial charge in [-0.05, 0) is 128 Å². The highest BCUT2D eigenvalue weighted by atomic mass is 19.1. The highest BCUT2D eigenvalue weighted by molar-refractivity contribution is 5.96. The zero-order valence-corrected chi connectivity index (χ0v) is 59.7. The van der Waals surface area contributed by atoms with E-state index in [1.807, 2.05) is 48.5 Å². The Balaban J connectivity index is 0.796. The van der Waals surface area contributed by atoms with Crippen molar-refractivity contribution in [1.29, 1.82) is 0 Å². The van der Waals surface area contributed by atoms with Gasteiger partial charge >= 0.3 is 18.0 Å². The van der Waals surface area contributed by atoms with Gasteiger partial charge in [-0.15, -0.1) is 0 Å². The van der Waals surface area contributed by atoms with Crippen LogP contribution in [0.15, 0.2) is 90.2 Å². The summed E-state index contributed by atoms with van der Waals surface area (Å²) in [5.41, 5.74) is 4.63. The average Bonchev–Trinajstić information content (AvgIpc) is 1.52. The molecular formula is C77H91FN8O20. The maximum absolute atomic E-state index is 15.7. The maximum atomic E-state index is 15.7. The Bertz CT molecular complexity index is 4360. The third kappa shape index (κ3) is 18.1. The van der Waals surface area contributed by atoms with Crippen molar-refractivity contribution in [3.63, 3.8) is 0 Å². The van der Waals surface area contributed by atoms with E-state index in [1.165, 1.54) is 34.9 Å². The van der Waals surface area contributed by atoms with Crippen LogP contribution in [0.3, 0.4) is 0 Å². The first-order chi connectivity index (χ1) is 51.0. The maximum Gasteiger partial charge on any atom is 0.407 e. The number of benzene rings is 4. The number of anilines is 1. The zero-order chi connectivity index (χ0) is 75.9. The number of nitrogens with zero attached hydrogens (tertiary/aromatic N) is 3. The highest BCUT2D eigenvalue weighted by Crippen LogP contribution is 2.46. The van der Waals surface area contributed by atoms with Gasteiger partial charge in [0.15, 0.2) is 11.7 Å². The van der Waals surface area contributed by atoms with E-state index < -0.39 is 102 Å². The lowest BCUT2D eigenvalue weighted by molar-refractivity contribution is -0.271. The standard InChI is InChI=1S/C77H91FN8O20/c1-6-45-17-9-10-19-47(45)39-85(57-21-12-11-18-46(57)7-2)63(90)23-14-13-22-62(89)82-55(20-15-16-30-79-61(88)29-32-102-34-33-101-5)71(94)80-31-28-60(87)81-38-48-35-44(24-27-59(48)105-74-69(93)67(91)68(92)70(106-74)73(96)97)41-104-76(99)84-54-26-25-49-43(4)53(78)37-56-64(49)65(54)50-40-86-58(66(50)83-56)36-52-51(72(86)95)42-103-75(98)77(52,100)8-3/h7,9-12,17-19,21,24,27,35-37,54-55,67-70,74,91-93,100H,2,6,8,13-16,20,22-23,25-26,28-34,38-42H2,1,3-5H3,(H,79,88)(H,80,94)(H,81,87)(H,82,89)(H,84,99)(H,96,97). The van der Waals surface area contributed by atoms with E-state index in [0.717, 1.165) is 23.1 Å². The van der Waals surface area contributed by atoms with E-state index in [4.69, 9.17) is 33.4 Å². The minimum atomic E-state index is -2.11. The van der Waals surface area contributed by atoms with Gasteiger partial charge in [0.1, 0.15) is 49.1 Å². The summed E-state index contributed by atoms with van der Waals surface area (Å²) in [7, 11) is 1.54. The molecule has 0 radical (unpaired) electrons. The molecule has 3 aliphatic heterocycles. The minimum absolute atomic E-state index is 0.0132. The highest BCUT2D eigenvalue weighted by Gasteiger charge is 2.49. The number of hydrogen-bond donors (Lipinski definition) is 10. The molecule has 1 fully saturated rings. The van der Waals surface area contributed by atoms with Crippen molar-refractivity contribution in [2.45, 2.75) is 185 Å². The lowest BCUT2D eigenvalue weighted by atomic mass is 9.81. The molecule has 10 N–H and O–H groups in total. The molecular weight excluding hydrogens is 1380 g/mol. The van der Waals surface area contributed by atoms with E-state index in [0.29, 0.717) is 96.4 Å². The molecule has 6 amide bonds. The number of pyridine rings is 2. The summed E-state index contributed by atoms with van der Waals surface area (Å²) >= 11 is 0. The van der Waals surface area contributed by atoms with E-state index in [9.17, 15) is 68.7 Å². The summed E-state index contributed by atoms with van der Waals surface area (Å²) in [6.07, 6.45) is -6.25. The van der Waals surface area contributed by atoms with Gasteiger partial charge in [-0.1, -0.05) is 75.0 Å². The lowest BCUT2D eigenvalue weighted by Crippen LogP contribution is -2.61. The smallest absolute Gasteiger partial charge is 0.407 e. The number of nitrogens with one attached hydrogen (secondary N) is 5. The third-order valence-corrected chi connectivity index (χ3v) is 19.8. The summed E-state index contributed by atoms with van der Waals surface area (Å²) in [6, 6.07) is 20.7. The fourth-order valence-corrected chi connectivity index (χ4v) is 13.9. The number of alkyl carbamates (subject to hydrolysis) is 1. The number of cyclic esters (lactones) is 1. The van der Waals surface area contributed by atoms with Crippen LogP contribution in [0.2, 0.25) is 0 Å². The SMILES string of the molecule is C=Cc1ccccc1N(Cc1ccccc1CC)C(=O)CCCCC(=O)NC(CCCCNC(=O)CCOCCOC)C(=O)NCCC(=O)NCc1cc(COC(=O)NC2CCc3c(C)c(F)cc4nc5c(c2c34)Cn2c-5cc3c(c2=O)COC(=O)C3(O)CC)ccc1OC1OC(C(=O)O)C(O)C(O)C1O. The number of ether oxygens (including phenoxy) is 6. The first-order valence-electron chi connectivity index (χ1n) is 35.7. The number of aromatic nitrogens is 2. The summed E-state index contributed by atoms with van der Waals surface area (Å²) in [5, 5.41) is 68.0. The van der Waals surface area contributed by atoms with Crippen LogP contribution < -0.4 is 41.8 Å². The number of amides is 6. The summed E-state index contributed by atoms with van der Waals surface area (Å²) < 4.78 is 49.9. The van der Waals surface area contributed by atoms with Crippen molar-refractivity contribution in [1.82, 2.24) is 36.1 Å². The zero-order valence-electron chi connectivity index (χ0n) is 59.7. The molecule has 10 rings (SSSR count). The number of carbonyl (C=O) groups is 8. The molecule has 4 aromatic carbocycles. The quantitative estimate of drug-likeness (QED) is 0.0169. The molecule has 0 spiro atoms. The number of unbranched alkanes of at least 4 members (excludes halogenated alkanes) is 2. The van der Waals surface area contributed by atoms with E-state index in [-0.39, 0.29) is 130 Å². The van der Waals surface area contributed by atoms with Crippen LogP contribution in [0.1, 0.15) is 152 Å². The molecule has 566 valence electrons. The monoisotopic (exact) mass is 1470 g/mol. The summed E-state index contributed by atoms with van der Waals surface area (Å²) in [5.74, 6) is -5.21. The fourth-order valence-electron chi connectivity index (χ4n) is 13.9. The van der Waals surface area contributed by atoms with Gasteiger partial charge in [0, 0.05) is 80.6 Å². The molecule has 1 aliphatic carbocycles. The molecule has 5 heterocycles. The Hall–Kier alpha value is -10.0. The first-order valence-corrected chi connectivity index (χ1v) is 35.7. The molecule has 0 saturated carbocycles. The van der Waals surface area contributed by atoms with Crippen molar-refractivity contribution in [2.75, 3.05) is 44.9 Å². The normalized spacial score (nSPS) is 19.3. The Kier molecular flexibility index (Phi) is 26.6. The summed E-state index contributed by atoms with van der Waals surface area (Å²) in [6.45, 7) is 9.44. The van der Waals surface area contributed by atoms with Gasteiger partial charge in [0.2, 0.25) is 35.8 Å². The lowest BCUT2D eigenvalue weighted by Gasteiger charge is -2.38. The second-order valence-electron chi connectivity index (χ2n) is 26.6. The number of esters is 1. The van der Waals surface area contributed by atoms with Crippen LogP contribution >= 0.6 is 0 Å². The van der Waals surface area contributed by atoms with Gasteiger partial charge in [-0.3, -0.25) is 28.8 Å². The molecule has 0 bridgehead atoms. The minimum Gasteiger partial charge on any atom is -0.479 e. The molecule has 28 nitrogen and oxygen atoms in total. The largest absolute Gasteiger partial charge is 0.479 e. The van der Waals surface area contributed by atoms with Crippen LogP contribution in [0.25, 0.3) is 28.4 Å². The molecule has 1 saturated heterocycles. The number of rotatable bonds is 35. The van der Waals surface area contributed by atoms with Crippen LogP contribution in [0.5, 0.6) is 5.75 Å². The second-order valence-corrected chi connectivity index (χ2v) is 26.6. The molecule has 8 atom stereocenters. The Morgan fingerprint density at radius 3 is 2.33 bits per heavy atom. The number of para-hydroxylation sites is 1. The Labute approximate surface area is 610 Å². The van der Waals surface area contributed by atoms with Crippen molar-refractivity contribution >= 4 is 70.2 Å². The van der Waals surface area contributed by atoms with Crippen LogP contribution in [-0.4, -0.2) is 159 Å². The average molecular weight is 1470 g/mol. The number of fused-ring (bicyclic) bond motifs is 5. The number of halogens is 1. The van der Waals surface area contributed by atoms with Crippen molar-refractivity contribution in [3.05, 3.63) is 163 Å². The number of aryl methyl sites for hydroxylation is 2. The number of aliphatic hydroxyl groups excluding tert-OH is 3. The topological polar surface area (TPSA) is 391 Å². The number of aliphatic carboxylic acids is 1. The van der Waals surface area contributed by atoms with Gasteiger partial charge in [-0.25, -0.2) is 23.8 Å². The predicted molar refractivity (Wildman–Crippen MR) is 383 cm³/mol. The van der Waals surface area contributed by atoms with Crippen molar-refractivity contribution < 1.29 is 96.7 Å². The number of hydrogen-bond acceptors (Lipinski definition) is 20. The Morgan fingerprint density at radius 2 is 1.58 bits per heavy atom. The van der Waals surface area contributed by atoms with E-state index >= 15 is 4.39 Å². The fraction of sp³-hybridized carbons (Fsp3) is 0.455. The molecule has 2 aromatic heterocycles. The molecule has 4 aliphatic rings. The number of carboxylic acid groups (broad SMARTS) is 1. The van der Waals surface area contributed by atoms with Crippen LogP contribution in [-0.2, 0) is 109 Å². The molecule has 6 aromatic rings. The third-order valence-electron chi connectivity index (χ3n) is 19.8. The number of methoxy groups -OCH3 is 1. The summed E-state index contributed by atoms with van der Waals surface area (Å²) in [4.78, 5) is 128. The van der Waals surface area contributed by atoms with Crippen LogP contribution in [0, 0.1) is 12.7 Å². The van der Waals surface area contributed by atoms with Crippen molar-refractivity contribution in [3.8, 4) is 17.1 Å². The van der Waals surface area contributed by atoms with Gasteiger partial charge in [-0.2, -0.15) is 0 Å². The van der Waals surface area contributed by atoms with E-state index in [1.54, 1.807) is 31.9 Å². The number of carboxylic acids is 1. The van der Waals surface area contributed by atoms with E-state index in [2.05, 4.69) is 40.1 Å². The molecule has 29 heteroatoms. The predicted octanol–water partition coefficient (Wildman–Crippen LogP) is 5.66. The van der Waals surface area contributed by atoms with Crippen molar-refractivity contribution in [2.24, 2.45) is 0 Å². The molecule has 106 heavy (non-hydrogen) atoms. The number of aliphatic hydroxyl groups is 4. The Morgan fingerprint density at radius 1 is 0.821 bits per heavy atom. The molecule has 8 unspecified atom stereocenters. The van der Waals surface area contributed by atoms with Crippen LogP contribution in [0.4, 0.5) is 14.9 Å².